The number of amides is 1. The first-order valence-corrected chi connectivity index (χ1v) is 6.68. The van der Waals surface area contributed by atoms with Crippen LogP contribution in [0, 0.1) is 5.92 Å². The highest BCUT2D eigenvalue weighted by Crippen LogP contribution is 2.27. The van der Waals surface area contributed by atoms with Crippen LogP contribution in [-0.4, -0.2) is 28.0 Å². The van der Waals surface area contributed by atoms with Crippen molar-refractivity contribution in [2.24, 2.45) is 5.92 Å². The number of oxazole rings is 1. The van der Waals surface area contributed by atoms with E-state index in [1.54, 1.807) is 0 Å². The number of carbonyl (C=O) groups is 2. The van der Waals surface area contributed by atoms with E-state index in [0.29, 0.717) is 18.7 Å². The van der Waals surface area contributed by atoms with Crippen LogP contribution in [0.2, 0.25) is 0 Å². The van der Waals surface area contributed by atoms with E-state index in [1.807, 2.05) is 30.3 Å². The van der Waals surface area contributed by atoms with E-state index >= 15 is 0 Å². The number of nitrogens with one attached hydrogen (secondary N) is 1. The molecule has 2 N–H and O–H groups in total. The molecule has 1 aromatic carbocycles. The molecule has 0 radical (unpaired) electrons. The summed E-state index contributed by atoms with van der Waals surface area (Å²) in [6, 6.07) is 9.19. The van der Waals surface area contributed by atoms with E-state index in [0.717, 1.165) is 5.56 Å². The zero-order valence-electron chi connectivity index (χ0n) is 11.2. The molecule has 1 aromatic heterocycles. The Labute approximate surface area is 120 Å². The number of carboxylic acids is 1. The molecule has 1 fully saturated rings. The summed E-state index contributed by atoms with van der Waals surface area (Å²) < 4.78 is 5.30. The topological polar surface area (TPSA) is 92.4 Å². The van der Waals surface area contributed by atoms with Gasteiger partial charge in [-0.25, -0.2) is 4.98 Å². The highest BCUT2D eigenvalue weighted by Gasteiger charge is 2.35. The third-order valence-corrected chi connectivity index (χ3v) is 3.58. The molecule has 1 aliphatic carbocycles. The summed E-state index contributed by atoms with van der Waals surface area (Å²) >= 11 is 0. The zero-order valence-corrected chi connectivity index (χ0v) is 11.2. The van der Waals surface area contributed by atoms with Crippen LogP contribution in [0.15, 0.2) is 41.0 Å². The van der Waals surface area contributed by atoms with Gasteiger partial charge in [-0.15, -0.1) is 0 Å². The van der Waals surface area contributed by atoms with Crippen LogP contribution in [0.4, 0.5) is 0 Å². The molecule has 0 spiro atoms. The van der Waals surface area contributed by atoms with Gasteiger partial charge in [-0.1, -0.05) is 18.2 Å². The highest BCUT2D eigenvalue weighted by molar-refractivity contribution is 5.92. The van der Waals surface area contributed by atoms with E-state index in [9.17, 15) is 9.59 Å². The van der Waals surface area contributed by atoms with Gasteiger partial charge in [0.25, 0.3) is 5.91 Å². The number of carbonyl (C=O) groups excluding carboxylic acids is 1. The predicted octanol–water partition coefficient (Wildman–Crippen LogP) is 1.93. The van der Waals surface area contributed by atoms with Crippen molar-refractivity contribution in [3.8, 4) is 11.5 Å². The Kier molecular flexibility index (Phi) is 3.43. The lowest BCUT2D eigenvalue weighted by Crippen LogP contribution is -2.46. The van der Waals surface area contributed by atoms with Crippen molar-refractivity contribution >= 4 is 11.9 Å². The average Bonchev–Trinajstić information content (AvgIpc) is 2.92. The van der Waals surface area contributed by atoms with Crippen molar-refractivity contribution in [3.05, 3.63) is 42.3 Å². The van der Waals surface area contributed by atoms with Gasteiger partial charge in [0.15, 0.2) is 5.69 Å². The second-order valence-corrected chi connectivity index (χ2v) is 5.08. The monoisotopic (exact) mass is 286 g/mol. The van der Waals surface area contributed by atoms with Crippen LogP contribution in [0.25, 0.3) is 11.5 Å². The number of rotatable bonds is 4. The van der Waals surface area contributed by atoms with E-state index < -0.39 is 5.97 Å². The van der Waals surface area contributed by atoms with Crippen molar-refractivity contribution in [2.45, 2.75) is 18.9 Å². The first-order valence-electron chi connectivity index (χ1n) is 6.68. The quantitative estimate of drug-likeness (QED) is 0.896. The number of aliphatic carboxylic acids is 1. The van der Waals surface area contributed by atoms with Gasteiger partial charge in [-0.05, 0) is 25.0 Å². The van der Waals surface area contributed by atoms with Gasteiger partial charge in [0.2, 0.25) is 5.89 Å². The molecule has 0 atom stereocenters. The maximum absolute atomic E-state index is 12.0. The second kappa shape index (κ2) is 5.40. The summed E-state index contributed by atoms with van der Waals surface area (Å²) in [6.07, 6.45) is 2.24. The Morgan fingerprint density at radius 2 is 1.95 bits per heavy atom. The molecule has 1 saturated carbocycles. The molecule has 0 bridgehead atoms. The van der Waals surface area contributed by atoms with Gasteiger partial charge in [0, 0.05) is 11.6 Å². The maximum atomic E-state index is 12.0. The molecule has 1 amide bonds. The summed E-state index contributed by atoms with van der Waals surface area (Å²) in [5, 5.41) is 11.5. The fourth-order valence-corrected chi connectivity index (χ4v) is 2.29. The lowest BCUT2D eigenvalue weighted by Gasteiger charge is -2.32. The molecule has 2 aromatic rings. The Bertz CT molecular complexity index is 659. The minimum Gasteiger partial charge on any atom is -0.481 e. The van der Waals surface area contributed by atoms with Gasteiger partial charge in [-0.3, -0.25) is 9.59 Å². The maximum Gasteiger partial charge on any atom is 0.306 e. The predicted molar refractivity (Wildman–Crippen MR) is 73.6 cm³/mol. The minimum absolute atomic E-state index is 0.101. The van der Waals surface area contributed by atoms with E-state index in [4.69, 9.17) is 9.52 Å². The number of hydrogen-bond acceptors (Lipinski definition) is 4. The number of benzene rings is 1. The molecule has 6 nitrogen and oxygen atoms in total. The third-order valence-electron chi connectivity index (χ3n) is 3.58. The van der Waals surface area contributed by atoms with E-state index in [2.05, 4.69) is 10.3 Å². The summed E-state index contributed by atoms with van der Waals surface area (Å²) in [5.41, 5.74) is 0.999. The zero-order chi connectivity index (χ0) is 14.8. The van der Waals surface area contributed by atoms with Crippen LogP contribution in [-0.2, 0) is 4.79 Å². The standard InChI is InChI=1S/C15H14N2O4/c18-13(16-11-6-10(7-11)15(19)20)12-8-21-14(17-12)9-4-2-1-3-5-9/h1-5,8,10-11H,6-7H2,(H,16,18)(H,19,20). The van der Waals surface area contributed by atoms with Gasteiger partial charge < -0.3 is 14.8 Å². The van der Waals surface area contributed by atoms with Crippen LogP contribution in [0.5, 0.6) is 0 Å². The lowest BCUT2D eigenvalue weighted by atomic mass is 9.80. The Morgan fingerprint density at radius 1 is 1.24 bits per heavy atom. The van der Waals surface area contributed by atoms with Crippen molar-refractivity contribution in [2.75, 3.05) is 0 Å². The molecule has 108 valence electrons. The smallest absolute Gasteiger partial charge is 0.306 e. The molecule has 3 rings (SSSR count). The van der Waals surface area contributed by atoms with Gasteiger partial charge in [-0.2, -0.15) is 0 Å². The van der Waals surface area contributed by atoms with E-state index in [1.165, 1.54) is 6.26 Å². The molecule has 0 unspecified atom stereocenters. The SMILES string of the molecule is O=C(NC1CC(C(=O)O)C1)c1coc(-c2ccccc2)n1. The molecule has 1 heterocycles. The Balaban J connectivity index is 1.62. The fourth-order valence-electron chi connectivity index (χ4n) is 2.29. The van der Waals surface area contributed by atoms with Crippen LogP contribution in [0.1, 0.15) is 23.3 Å². The fraction of sp³-hybridized carbons (Fsp3) is 0.267. The Hall–Kier alpha value is -2.63. The number of carboxylic acid groups (broad SMARTS) is 1. The summed E-state index contributed by atoms with van der Waals surface area (Å²) in [4.78, 5) is 26.8. The summed E-state index contributed by atoms with van der Waals surface area (Å²) in [6.45, 7) is 0. The molecule has 0 aliphatic heterocycles. The number of aromatic nitrogens is 1. The number of nitrogens with zero attached hydrogens (tertiary/aromatic N) is 1. The molecule has 21 heavy (non-hydrogen) atoms. The number of hydrogen-bond donors (Lipinski definition) is 2. The van der Waals surface area contributed by atoms with Crippen molar-refractivity contribution in [3.63, 3.8) is 0 Å². The van der Waals surface area contributed by atoms with Crippen LogP contribution < -0.4 is 5.32 Å². The van der Waals surface area contributed by atoms with Gasteiger partial charge >= 0.3 is 5.97 Å². The minimum atomic E-state index is -0.812. The lowest BCUT2D eigenvalue weighted by molar-refractivity contribution is -0.145. The summed E-state index contributed by atoms with van der Waals surface area (Å²) in [7, 11) is 0. The first-order chi connectivity index (χ1) is 10.1. The summed E-state index contributed by atoms with van der Waals surface area (Å²) in [5.74, 6) is -1.12. The van der Waals surface area contributed by atoms with Crippen molar-refractivity contribution < 1.29 is 19.1 Å². The van der Waals surface area contributed by atoms with E-state index in [-0.39, 0.29) is 23.6 Å². The van der Waals surface area contributed by atoms with Gasteiger partial charge in [0.1, 0.15) is 6.26 Å². The van der Waals surface area contributed by atoms with Crippen LogP contribution in [0.3, 0.4) is 0 Å². The molecular weight excluding hydrogens is 272 g/mol. The molecule has 1 aliphatic rings. The molecule has 6 heteroatoms. The first kappa shape index (κ1) is 13.4. The normalized spacial score (nSPS) is 20.6. The van der Waals surface area contributed by atoms with Crippen molar-refractivity contribution in [1.82, 2.24) is 10.3 Å². The molecule has 0 saturated heterocycles. The largest absolute Gasteiger partial charge is 0.481 e. The average molecular weight is 286 g/mol. The highest BCUT2D eigenvalue weighted by atomic mass is 16.4. The van der Waals surface area contributed by atoms with Gasteiger partial charge in [0.05, 0.1) is 5.92 Å². The Morgan fingerprint density at radius 3 is 2.62 bits per heavy atom. The van der Waals surface area contributed by atoms with Crippen LogP contribution >= 0.6 is 0 Å². The molecular formula is C15H14N2O4. The third kappa shape index (κ3) is 2.79. The van der Waals surface area contributed by atoms with Crippen molar-refractivity contribution in [1.29, 1.82) is 0 Å². The second-order valence-electron chi connectivity index (χ2n) is 5.08.